The van der Waals surface area contributed by atoms with Crippen molar-refractivity contribution < 1.29 is 9.22 Å². The minimum atomic E-state index is -0.0576. The van der Waals surface area contributed by atoms with E-state index in [1.54, 1.807) is 0 Å². The quantitative estimate of drug-likeness (QED) is 0.311. The second kappa shape index (κ2) is 6.37. The molecular formula is C23H37INO+. The van der Waals surface area contributed by atoms with Crippen molar-refractivity contribution in [2.75, 3.05) is 14.1 Å². The summed E-state index contributed by atoms with van der Waals surface area (Å²) >= 11 is 2.49. The molecule has 3 rings (SSSR count). The first-order valence-electron chi connectivity index (χ1n) is 10.1. The van der Waals surface area contributed by atoms with E-state index >= 15 is 0 Å². The fourth-order valence-electron chi connectivity index (χ4n) is 4.84. The van der Waals surface area contributed by atoms with E-state index in [-0.39, 0.29) is 11.1 Å². The number of hydrogen-bond acceptors (Lipinski definition) is 1. The molecule has 2 aliphatic rings. The van der Waals surface area contributed by atoms with Gasteiger partial charge in [0.15, 0.2) is 0 Å². The van der Waals surface area contributed by atoms with Gasteiger partial charge in [0.05, 0.1) is 23.2 Å². The molecule has 1 aliphatic heterocycles. The van der Waals surface area contributed by atoms with Gasteiger partial charge in [0.2, 0.25) is 5.72 Å². The molecule has 3 heteroatoms. The van der Waals surface area contributed by atoms with Gasteiger partial charge >= 0.3 is 0 Å². The van der Waals surface area contributed by atoms with Crippen molar-refractivity contribution in [1.29, 1.82) is 0 Å². The Kier molecular flexibility index (Phi) is 5.01. The standard InChI is InChI=1S/C23H37INO/c1-21(2,3)17-9-11-23(12-10-17)25(7,8)15-16-13-18(22(4,5)6)14-19(24)20(16)26-23/h13-14,17H,9-12,15H2,1-8H3/q+1. The lowest BCUT2D eigenvalue weighted by molar-refractivity contribution is -0.980. The zero-order chi connectivity index (χ0) is 19.5. The van der Waals surface area contributed by atoms with Crippen LogP contribution in [0.4, 0.5) is 0 Å². The maximum absolute atomic E-state index is 6.90. The Hall–Kier alpha value is -0.290. The van der Waals surface area contributed by atoms with Crippen LogP contribution < -0.4 is 4.74 Å². The smallest absolute Gasteiger partial charge is 0.243 e. The van der Waals surface area contributed by atoms with Gasteiger partial charge in [-0.3, -0.25) is 4.48 Å². The Morgan fingerprint density at radius 1 is 1.04 bits per heavy atom. The van der Waals surface area contributed by atoms with Crippen LogP contribution in [0.5, 0.6) is 5.75 Å². The van der Waals surface area contributed by atoms with Gasteiger partial charge in [0, 0.05) is 12.8 Å². The third kappa shape index (κ3) is 3.55. The predicted molar refractivity (Wildman–Crippen MR) is 118 cm³/mol. The summed E-state index contributed by atoms with van der Waals surface area (Å²) in [5.41, 5.74) is 3.32. The number of halogens is 1. The Morgan fingerprint density at radius 2 is 1.62 bits per heavy atom. The summed E-state index contributed by atoms with van der Waals surface area (Å²) in [5, 5.41) is 0. The van der Waals surface area contributed by atoms with Gasteiger partial charge in [-0.25, -0.2) is 0 Å². The van der Waals surface area contributed by atoms with Gasteiger partial charge in [0.25, 0.3) is 0 Å². The highest BCUT2D eigenvalue weighted by molar-refractivity contribution is 14.1. The number of nitrogens with zero attached hydrogens (tertiary/aromatic N) is 1. The highest BCUT2D eigenvalue weighted by Gasteiger charge is 2.54. The molecule has 0 amide bonds. The molecule has 0 N–H and O–H groups in total. The minimum absolute atomic E-state index is 0.0576. The largest absolute Gasteiger partial charge is 0.439 e. The lowest BCUT2D eigenvalue weighted by atomic mass is 9.69. The van der Waals surface area contributed by atoms with Crippen LogP contribution in [0.3, 0.4) is 0 Å². The summed E-state index contributed by atoms with van der Waals surface area (Å²) in [6.07, 6.45) is 4.88. The highest BCUT2D eigenvalue weighted by atomic mass is 127. The molecule has 146 valence electrons. The summed E-state index contributed by atoms with van der Waals surface area (Å²) in [5.74, 6) is 1.96. The molecular weight excluding hydrogens is 433 g/mol. The normalized spacial score (nSPS) is 28.6. The average Bonchev–Trinajstić information content (AvgIpc) is 2.47. The topological polar surface area (TPSA) is 9.23 Å². The molecule has 2 nitrogen and oxygen atoms in total. The second-order valence-electron chi connectivity index (χ2n) is 11.2. The fourth-order valence-corrected chi connectivity index (χ4v) is 5.63. The number of benzene rings is 1. The van der Waals surface area contributed by atoms with E-state index in [0.29, 0.717) is 5.41 Å². The van der Waals surface area contributed by atoms with Crippen LogP contribution in [0, 0.1) is 14.9 Å². The highest BCUT2D eigenvalue weighted by Crippen LogP contribution is 2.50. The zero-order valence-corrected chi connectivity index (χ0v) is 20.2. The molecule has 0 aromatic heterocycles. The van der Waals surface area contributed by atoms with Crippen molar-refractivity contribution in [3.8, 4) is 5.75 Å². The first-order valence-corrected chi connectivity index (χ1v) is 11.2. The molecule has 0 atom stereocenters. The molecule has 1 fully saturated rings. The summed E-state index contributed by atoms with van der Waals surface area (Å²) in [6.45, 7) is 15.1. The van der Waals surface area contributed by atoms with E-state index in [1.165, 1.54) is 40.4 Å². The van der Waals surface area contributed by atoms with Gasteiger partial charge in [-0.1, -0.05) is 41.5 Å². The summed E-state index contributed by atoms with van der Waals surface area (Å²) in [6, 6.07) is 4.73. The minimum Gasteiger partial charge on any atom is -0.439 e. The van der Waals surface area contributed by atoms with Crippen LogP contribution in [0.1, 0.15) is 78.4 Å². The Morgan fingerprint density at radius 3 is 2.12 bits per heavy atom. The van der Waals surface area contributed by atoms with E-state index in [4.69, 9.17) is 4.74 Å². The first kappa shape index (κ1) is 20.4. The van der Waals surface area contributed by atoms with Crippen molar-refractivity contribution in [2.45, 2.75) is 84.9 Å². The Labute approximate surface area is 174 Å². The number of hydrogen-bond donors (Lipinski definition) is 0. The maximum atomic E-state index is 6.90. The molecule has 1 aliphatic carbocycles. The third-order valence-corrected chi connectivity index (χ3v) is 7.74. The summed E-state index contributed by atoms with van der Waals surface area (Å²) in [4.78, 5) is 0. The fraction of sp³-hybridized carbons (Fsp3) is 0.739. The van der Waals surface area contributed by atoms with E-state index in [9.17, 15) is 0 Å². The molecule has 1 heterocycles. The van der Waals surface area contributed by atoms with Gasteiger partial charge in [-0.15, -0.1) is 0 Å². The average molecular weight is 470 g/mol. The van der Waals surface area contributed by atoms with Gasteiger partial charge in [-0.05, 0) is 69.9 Å². The zero-order valence-electron chi connectivity index (χ0n) is 18.0. The number of rotatable bonds is 0. The number of quaternary nitrogens is 1. The Balaban J connectivity index is 1.94. The molecule has 0 saturated heterocycles. The van der Waals surface area contributed by atoms with Gasteiger partial charge in [0.1, 0.15) is 12.3 Å². The SMILES string of the molecule is CC(C)(C)c1cc(I)c2c(c1)C[N+](C)(C)C1(CCC(C(C)(C)C)CC1)O2. The van der Waals surface area contributed by atoms with Crippen LogP contribution >= 0.6 is 22.6 Å². The lowest BCUT2D eigenvalue weighted by Crippen LogP contribution is -2.66. The van der Waals surface area contributed by atoms with E-state index in [1.807, 2.05) is 0 Å². The third-order valence-electron chi connectivity index (χ3n) is 6.94. The van der Waals surface area contributed by atoms with Gasteiger partial charge in [-0.2, -0.15) is 0 Å². The van der Waals surface area contributed by atoms with Crippen molar-refractivity contribution in [2.24, 2.45) is 11.3 Å². The van der Waals surface area contributed by atoms with Crippen molar-refractivity contribution in [3.63, 3.8) is 0 Å². The second-order valence-corrected chi connectivity index (χ2v) is 12.4. The molecule has 1 saturated carbocycles. The number of fused-ring (bicyclic) bond motifs is 1. The van der Waals surface area contributed by atoms with E-state index < -0.39 is 0 Å². The molecule has 1 aromatic carbocycles. The van der Waals surface area contributed by atoms with Crippen molar-refractivity contribution >= 4 is 22.6 Å². The maximum Gasteiger partial charge on any atom is 0.243 e. The molecule has 1 aromatic rings. The van der Waals surface area contributed by atoms with Gasteiger partial charge < -0.3 is 4.74 Å². The number of ether oxygens (including phenoxy) is 1. The molecule has 1 spiro atoms. The van der Waals surface area contributed by atoms with E-state index in [2.05, 4.69) is 90.4 Å². The Bertz CT molecular complexity index is 685. The van der Waals surface area contributed by atoms with Crippen LogP contribution in [-0.2, 0) is 12.0 Å². The molecule has 0 bridgehead atoms. The first-order chi connectivity index (χ1) is 11.8. The lowest BCUT2D eigenvalue weighted by Gasteiger charge is -2.54. The van der Waals surface area contributed by atoms with E-state index in [0.717, 1.165) is 22.7 Å². The predicted octanol–water partition coefficient (Wildman–Crippen LogP) is 6.49. The molecule has 0 radical (unpaired) electrons. The van der Waals surface area contributed by atoms with Crippen LogP contribution in [0.2, 0.25) is 0 Å². The van der Waals surface area contributed by atoms with Crippen molar-refractivity contribution in [3.05, 3.63) is 26.8 Å². The summed E-state index contributed by atoms with van der Waals surface area (Å²) < 4.78 is 9.12. The monoisotopic (exact) mass is 470 g/mol. The van der Waals surface area contributed by atoms with Crippen molar-refractivity contribution in [1.82, 2.24) is 0 Å². The molecule has 0 unspecified atom stereocenters. The molecule has 26 heavy (non-hydrogen) atoms. The van der Waals surface area contributed by atoms with Crippen LogP contribution in [-0.4, -0.2) is 24.3 Å². The summed E-state index contributed by atoms with van der Waals surface area (Å²) in [7, 11) is 4.74. The van der Waals surface area contributed by atoms with Crippen LogP contribution in [0.25, 0.3) is 0 Å². The van der Waals surface area contributed by atoms with Crippen LogP contribution in [0.15, 0.2) is 12.1 Å².